The molecule has 1 aromatic rings. The van der Waals surface area contributed by atoms with E-state index in [0.29, 0.717) is 4.83 Å². The number of halogens is 1. The second-order valence-corrected chi connectivity index (χ2v) is 7.10. The highest BCUT2D eigenvalue weighted by Gasteiger charge is 2.16. The Kier molecular flexibility index (Phi) is 5.37. The smallest absolute Gasteiger partial charge is 0.0189 e. The Hall–Kier alpha value is 0.180. The van der Waals surface area contributed by atoms with E-state index >= 15 is 0 Å². The van der Waals surface area contributed by atoms with E-state index in [-0.39, 0.29) is 0 Å². The molecule has 1 fully saturated rings. The van der Waals surface area contributed by atoms with Crippen LogP contribution in [0.5, 0.6) is 0 Å². The lowest BCUT2D eigenvalue weighted by atomic mass is 9.93. The first kappa shape index (κ1) is 12.6. The second kappa shape index (κ2) is 6.80. The molecule has 0 saturated heterocycles. The van der Waals surface area contributed by atoms with Gasteiger partial charge in [-0.15, -0.1) is 0 Å². The highest BCUT2D eigenvalue weighted by Crippen LogP contribution is 2.29. The number of thiophene rings is 1. The molecule has 0 N–H and O–H groups in total. The van der Waals surface area contributed by atoms with Crippen LogP contribution >= 0.6 is 27.3 Å². The third kappa shape index (κ3) is 4.21. The first-order chi connectivity index (χ1) is 7.84. The SMILES string of the molecule is BrC(Cc1ccsc1)CC1CCCCCC1. The minimum atomic E-state index is 0.685. The summed E-state index contributed by atoms with van der Waals surface area (Å²) in [5, 5.41) is 4.46. The molecule has 16 heavy (non-hydrogen) atoms. The van der Waals surface area contributed by atoms with Crippen molar-refractivity contribution >= 4 is 27.3 Å². The summed E-state index contributed by atoms with van der Waals surface area (Å²) in [5.41, 5.74) is 1.50. The minimum Gasteiger partial charge on any atom is -0.152 e. The topological polar surface area (TPSA) is 0 Å². The van der Waals surface area contributed by atoms with Gasteiger partial charge in [0.1, 0.15) is 0 Å². The Bertz CT molecular complexity index is 273. The van der Waals surface area contributed by atoms with Crippen LogP contribution in [0, 0.1) is 5.92 Å². The van der Waals surface area contributed by atoms with Crippen molar-refractivity contribution in [2.75, 3.05) is 0 Å². The fraction of sp³-hybridized carbons (Fsp3) is 0.714. The molecule has 1 atom stereocenters. The largest absolute Gasteiger partial charge is 0.152 e. The molecule has 0 amide bonds. The fourth-order valence-electron chi connectivity index (χ4n) is 2.71. The lowest BCUT2D eigenvalue weighted by Gasteiger charge is -2.17. The zero-order valence-electron chi connectivity index (χ0n) is 9.83. The normalized spacial score (nSPS) is 20.6. The molecule has 1 heterocycles. The van der Waals surface area contributed by atoms with Gasteiger partial charge in [-0.25, -0.2) is 0 Å². The Morgan fingerprint density at radius 2 is 2.00 bits per heavy atom. The van der Waals surface area contributed by atoms with E-state index in [2.05, 4.69) is 32.8 Å². The molecule has 0 aliphatic heterocycles. The van der Waals surface area contributed by atoms with Crippen LogP contribution in [-0.4, -0.2) is 4.83 Å². The van der Waals surface area contributed by atoms with Gasteiger partial charge in [0.25, 0.3) is 0 Å². The molecule has 2 heteroatoms. The van der Waals surface area contributed by atoms with Gasteiger partial charge in [-0.2, -0.15) is 11.3 Å². The van der Waals surface area contributed by atoms with E-state index in [1.165, 1.54) is 56.9 Å². The van der Waals surface area contributed by atoms with Gasteiger partial charge in [0, 0.05) is 4.83 Å². The van der Waals surface area contributed by atoms with E-state index in [0.717, 1.165) is 5.92 Å². The molecule has 0 aromatic carbocycles. The molecule has 1 saturated carbocycles. The number of alkyl halides is 1. The van der Waals surface area contributed by atoms with Crippen molar-refractivity contribution in [3.05, 3.63) is 22.4 Å². The summed E-state index contributed by atoms with van der Waals surface area (Å²) in [4.78, 5) is 0.685. The molecular weight excluding hydrogens is 280 g/mol. The van der Waals surface area contributed by atoms with Gasteiger partial charge in [0.15, 0.2) is 0 Å². The van der Waals surface area contributed by atoms with Gasteiger partial charge in [-0.3, -0.25) is 0 Å². The van der Waals surface area contributed by atoms with Crippen molar-refractivity contribution in [3.63, 3.8) is 0 Å². The van der Waals surface area contributed by atoms with Crippen LogP contribution in [0.25, 0.3) is 0 Å². The van der Waals surface area contributed by atoms with Crippen molar-refractivity contribution < 1.29 is 0 Å². The Labute approximate surface area is 112 Å². The van der Waals surface area contributed by atoms with Crippen LogP contribution < -0.4 is 0 Å². The van der Waals surface area contributed by atoms with Crippen molar-refractivity contribution in [2.45, 2.75) is 56.2 Å². The zero-order valence-corrected chi connectivity index (χ0v) is 12.2. The van der Waals surface area contributed by atoms with Crippen molar-refractivity contribution in [2.24, 2.45) is 5.92 Å². The zero-order chi connectivity index (χ0) is 11.2. The molecule has 0 radical (unpaired) electrons. The number of hydrogen-bond donors (Lipinski definition) is 0. The Balaban J connectivity index is 1.75. The highest BCUT2D eigenvalue weighted by molar-refractivity contribution is 9.09. The molecule has 0 nitrogen and oxygen atoms in total. The third-order valence-corrected chi connectivity index (χ3v) is 5.03. The lowest BCUT2D eigenvalue weighted by molar-refractivity contribution is 0.423. The molecule has 2 rings (SSSR count). The van der Waals surface area contributed by atoms with Gasteiger partial charge < -0.3 is 0 Å². The maximum absolute atomic E-state index is 3.86. The molecule has 0 spiro atoms. The van der Waals surface area contributed by atoms with Gasteiger partial charge >= 0.3 is 0 Å². The molecule has 1 aliphatic rings. The van der Waals surface area contributed by atoms with Gasteiger partial charge in [-0.1, -0.05) is 54.5 Å². The van der Waals surface area contributed by atoms with Crippen LogP contribution in [-0.2, 0) is 6.42 Å². The molecule has 1 aliphatic carbocycles. The summed E-state index contributed by atoms with van der Waals surface area (Å²) >= 11 is 5.68. The van der Waals surface area contributed by atoms with Crippen LogP contribution in [0.2, 0.25) is 0 Å². The maximum atomic E-state index is 3.86. The van der Waals surface area contributed by atoms with Crippen molar-refractivity contribution in [1.82, 2.24) is 0 Å². The van der Waals surface area contributed by atoms with E-state index in [1.54, 1.807) is 0 Å². The van der Waals surface area contributed by atoms with Gasteiger partial charge in [0.05, 0.1) is 0 Å². The van der Waals surface area contributed by atoms with E-state index in [1.807, 2.05) is 11.3 Å². The van der Waals surface area contributed by atoms with Crippen molar-refractivity contribution in [3.8, 4) is 0 Å². The fourth-order valence-corrected chi connectivity index (χ4v) is 4.29. The molecule has 0 bridgehead atoms. The van der Waals surface area contributed by atoms with E-state index < -0.39 is 0 Å². The van der Waals surface area contributed by atoms with Crippen LogP contribution in [0.3, 0.4) is 0 Å². The number of rotatable bonds is 4. The summed E-state index contributed by atoms with van der Waals surface area (Å²) in [5.74, 6) is 0.977. The first-order valence-corrected chi connectivity index (χ1v) is 8.35. The lowest BCUT2D eigenvalue weighted by Crippen LogP contribution is -2.10. The standard InChI is InChI=1S/C14H21BrS/c15-14(10-13-7-8-16-11-13)9-12-5-3-1-2-4-6-12/h7-8,11-12,14H,1-6,9-10H2. The summed E-state index contributed by atoms with van der Waals surface area (Å²) in [6.45, 7) is 0. The van der Waals surface area contributed by atoms with Crippen LogP contribution in [0.1, 0.15) is 50.5 Å². The van der Waals surface area contributed by atoms with Crippen molar-refractivity contribution in [1.29, 1.82) is 0 Å². The monoisotopic (exact) mass is 300 g/mol. The maximum Gasteiger partial charge on any atom is 0.0189 e. The second-order valence-electron chi connectivity index (χ2n) is 5.03. The van der Waals surface area contributed by atoms with E-state index in [9.17, 15) is 0 Å². The average molecular weight is 301 g/mol. The molecule has 1 unspecified atom stereocenters. The average Bonchev–Trinajstić information content (AvgIpc) is 2.62. The third-order valence-electron chi connectivity index (χ3n) is 3.60. The van der Waals surface area contributed by atoms with Crippen LogP contribution in [0.4, 0.5) is 0 Å². The molecule has 1 aromatic heterocycles. The highest BCUT2D eigenvalue weighted by atomic mass is 79.9. The quantitative estimate of drug-likeness (QED) is 0.515. The summed E-state index contributed by atoms with van der Waals surface area (Å²) in [7, 11) is 0. The van der Waals surface area contributed by atoms with Gasteiger partial charge in [-0.05, 0) is 41.1 Å². The van der Waals surface area contributed by atoms with E-state index in [4.69, 9.17) is 0 Å². The van der Waals surface area contributed by atoms with Crippen LogP contribution in [0.15, 0.2) is 16.8 Å². The predicted molar refractivity (Wildman–Crippen MR) is 76.5 cm³/mol. The number of hydrogen-bond acceptors (Lipinski definition) is 1. The summed E-state index contributed by atoms with van der Waals surface area (Å²) in [6.07, 6.45) is 11.4. The minimum absolute atomic E-state index is 0.685. The Morgan fingerprint density at radius 1 is 1.25 bits per heavy atom. The molecular formula is C14H21BrS. The summed E-state index contributed by atoms with van der Waals surface area (Å²) < 4.78 is 0. The first-order valence-electron chi connectivity index (χ1n) is 6.50. The molecule has 90 valence electrons. The summed E-state index contributed by atoms with van der Waals surface area (Å²) in [6, 6.07) is 2.26. The Morgan fingerprint density at radius 3 is 2.62 bits per heavy atom. The predicted octanol–water partition coefficient (Wildman–Crippen LogP) is 5.41. The van der Waals surface area contributed by atoms with Gasteiger partial charge in [0.2, 0.25) is 0 Å².